The second kappa shape index (κ2) is 11.2. The van der Waals surface area contributed by atoms with Crippen molar-refractivity contribution in [2.24, 2.45) is 5.92 Å². The number of anilines is 1. The molecule has 2 heterocycles. The van der Waals surface area contributed by atoms with Crippen molar-refractivity contribution in [3.05, 3.63) is 36.0 Å². The van der Waals surface area contributed by atoms with Gasteiger partial charge in [0.15, 0.2) is 0 Å². The molecule has 2 aliphatic rings. The summed E-state index contributed by atoms with van der Waals surface area (Å²) in [5, 5.41) is 6.60. The molecule has 214 valence electrons. The van der Waals surface area contributed by atoms with Crippen LogP contribution in [0.1, 0.15) is 71.3 Å². The number of pyridine rings is 1. The number of fused-ring (bicyclic) bond motifs is 1. The lowest BCUT2D eigenvalue weighted by Crippen LogP contribution is -2.57. The number of halogens is 3. The molecule has 0 bridgehead atoms. The monoisotopic (exact) mass is 548 g/mol. The normalized spacial score (nSPS) is 21.9. The molecule has 1 aliphatic heterocycles. The second-order valence-corrected chi connectivity index (χ2v) is 12.1. The zero-order valence-corrected chi connectivity index (χ0v) is 23.2. The number of alkyl carbamates (subject to hydrolysis) is 1. The number of amides is 2. The van der Waals surface area contributed by atoms with Crippen molar-refractivity contribution >= 4 is 28.6 Å². The summed E-state index contributed by atoms with van der Waals surface area (Å²) in [5.41, 5.74) is 0.903. The number of alkyl halides is 3. The van der Waals surface area contributed by atoms with E-state index in [1.54, 1.807) is 37.9 Å². The molecule has 10 heteroatoms. The summed E-state index contributed by atoms with van der Waals surface area (Å²) in [7, 11) is 0. The summed E-state index contributed by atoms with van der Waals surface area (Å²) >= 11 is 0. The highest BCUT2D eigenvalue weighted by Crippen LogP contribution is 2.38. The van der Waals surface area contributed by atoms with Gasteiger partial charge in [0, 0.05) is 42.8 Å². The largest absolute Gasteiger partial charge is 0.444 e. The maximum Gasteiger partial charge on any atom is 0.408 e. The van der Waals surface area contributed by atoms with Crippen molar-refractivity contribution in [2.45, 2.75) is 96.0 Å². The van der Waals surface area contributed by atoms with Crippen molar-refractivity contribution in [3.63, 3.8) is 0 Å². The Morgan fingerprint density at radius 2 is 1.82 bits per heavy atom. The van der Waals surface area contributed by atoms with E-state index < -0.39 is 35.4 Å². The summed E-state index contributed by atoms with van der Waals surface area (Å²) in [5.74, 6) is -1.95. The Morgan fingerprint density at radius 1 is 1.10 bits per heavy atom. The number of aryl methyl sites for hydroxylation is 1. The Hall–Kier alpha value is -3.04. The van der Waals surface area contributed by atoms with Crippen molar-refractivity contribution < 1.29 is 27.5 Å². The molecule has 1 aliphatic carbocycles. The molecule has 0 spiro atoms. The average molecular weight is 549 g/mol. The van der Waals surface area contributed by atoms with E-state index in [9.17, 15) is 22.8 Å². The smallest absolute Gasteiger partial charge is 0.408 e. The first kappa shape index (κ1) is 29.0. The van der Waals surface area contributed by atoms with Crippen LogP contribution in [0.15, 0.2) is 30.5 Å². The van der Waals surface area contributed by atoms with E-state index in [2.05, 4.69) is 15.6 Å². The first-order valence-corrected chi connectivity index (χ1v) is 13.7. The fraction of sp³-hybridized carbons (Fsp3) is 0.621. The molecular weight excluding hydrogens is 509 g/mol. The van der Waals surface area contributed by atoms with E-state index in [0.29, 0.717) is 18.5 Å². The van der Waals surface area contributed by atoms with Crippen LogP contribution in [0.3, 0.4) is 0 Å². The van der Waals surface area contributed by atoms with E-state index in [4.69, 9.17) is 4.74 Å². The molecule has 2 aromatic rings. The standard InChI is InChI=1S/C29H39F3N4O3/c1-19-10-11-23(22-9-8-14-33-25(19)22)36-17-20(29(30,31)32)15-21(18-36)34-24(37)16-28(12-6-5-7-13-28)35-26(38)39-27(2,3)4/h8-11,14,20-21H,5-7,12-13,15-18H2,1-4H3,(H,34,37)(H,35,38). The number of hydrogen-bond donors (Lipinski definition) is 2. The van der Waals surface area contributed by atoms with Crippen molar-refractivity contribution in [1.29, 1.82) is 0 Å². The lowest BCUT2D eigenvalue weighted by Gasteiger charge is -2.41. The van der Waals surface area contributed by atoms with Gasteiger partial charge in [0.2, 0.25) is 5.91 Å². The number of carbonyl (C=O) groups excluding carboxylic acids is 2. The third kappa shape index (κ3) is 7.33. The fourth-order valence-electron chi connectivity index (χ4n) is 5.89. The molecule has 2 amide bonds. The summed E-state index contributed by atoms with van der Waals surface area (Å²) in [4.78, 5) is 32.0. The van der Waals surface area contributed by atoms with Gasteiger partial charge < -0.3 is 20.3 Å². The maximum absolute atomic E-state index is 14.0. The molecule has 0 radical (unpaired) electrons. The van der Waals surface area contributed by atoms with E-state index in [-0.39, 0.29) is 31.8 Å². The Kier molecular flexibility index (Phi) is 8.33. The van der Waals surface area contributed by atoms with Crippen molar-refractivity contribution in [1.82, 2.24) is 15.6 Å². The lowest BCUT2D eigenvalue weighted by molar-refractivity contribution is -0.178. The minimum absolute atomic E-state index is 0.00316. The van der Waals surface area contributed by atoms with Gasteiger partial charge in [-0.25, -0.2) is 4.79 Å². The lowest BCUT2D eigenvalue weighted by atomic mass is 9.79. The molecule has 1 aromatic heterocycles. The summed E-state index contributed by atoms with van der Waals surface area (Å²) in [6, 6.07) is 6.64. The number of nitrogens with zero attached hydrogens (tertiary/aromatic N) is 2. The Balaban J connectivity index is 1.52. The summed E-state index contributed by atoms with van der Waals surface area (Å²) in [6.07, 6.45) is 0.426. The zero-order chi connectivity index (χ0) is 28.4. The van der Waals surface area contributed by atoms with E-state index in [1.165, 1.54) is 0 Å². The van der Waals surface area contributed by atoms with E-state index in [0.717, 1.165) is 35.7 Å². The summed E-state index contributed by atoms with van der Waals surface area (Å²) < 4.78 is 47.5. The van der Waals surface area contributed by atoms with Gasteiger partial charge in [0.25, 0.3) is 0 Å². The first-order valence-electron chi connectivity index (χ1n) is 13.7. The highest BCUT2D eigenvalue weighted by Gasteiger charge is 2.45. The van der Waals surface area contributed by atoms with Crippen LogP contribution in [-0.2, 0) is 9.53 Å². The maximum atomic E-state index is 14.0. The average Bonchev–Trinajstić information content (AvgIpc) is 2.82. The number of piperidine rings is 1. The fourth-order valence-corrected chi connectivity index (χ4v) is 5.89. The highest BCUT2D eigenvalue weighted by molar-refractivity contribution is 5.94. The Labute approximate surface area is 227 Å². The van der Waals surface area contributed by atoms with Gasteiger partial charge in [-0.2, -0.15) is 13.2 Å². The SMILES string of the molecule is Cc1ccc(N2CC(NC(=O)CC3(NC(=O)OC(C)(C)C)CCCCC3)CC(C(F)(F)F)C2)c2cccnc12. The third-order valence-corrected chi connectivity index (χ3v) is 7.64. The van der Waals surface area contributed by atoms with Gasteiger partial charge in [0.05, 0.1) is 17.0 Å². The predicted molar refractivity (Wildman–Crippen MR) is 145 cm³/mol. The number of carbonyl (C=O) groups is 2. The van der Waals surface area contributed by atoms with Crippen LogP contribution < -0.4 is 15.5 Å². The molecule has 2 N–H and O–H groups in total. The molecular formula is C29H39F3N4O3. The summed E-state index contributed by atoms with van der Waals surface area (Å²) in [6.45, 7) is 7.29. The van der Waals surface area contributed by atoms with Gasteiger partial charge in [0.1, 0.15) is 5.60 Å². The van der Waals surface area contributed by atoms with Gasteiger partial charge in [-0.15, -0.1) is 0 Å². The minimum atomic E-state index is -4.40. The quantitative estimate of drug-likeness (QED) is 0.477. The van der Waals surface area contributed by atoms with Crippen LogP contribution >= 0.6 is 0 Å². The van der Waals surface area contributed by atoms with Gasteiger partial charge in [-0.05, 0) is 70.7 Å². The third-order valence-electron chi connectivity index (χ3n) is 7.64. The van der Waals surface area contributed by atoms with Crippen molar-refractivity contribution in [2.75, 3.05) is 18.0 Å². The van der Waals surface area contributed by atoms with Gasteiger partial charge in [-0.3, -0.25) is 9.78 Å². The Bertz CT molecular complexity index is 1190. The zero-order valence-electron chi connectivity index (χ0n) is 23.2. The predicted octanol–water partition coefficient (Wildman–Crippen LogP) is 6.03. The molecule has 1 saturated heterocycles. The van der Waals surface area contributed by atoms with Gasteiger partial charge >= 0.3 is 12.3 Å². The number of hydrogen-bond acceptors (Lipinski definition) is 5. The molecule has 39 heavy (non-hydrogen) atoms. The van der Waals surface area contributed by atoms with Crippen LogP contribution in [-0.4, -0.2) is 53.4 Å². The Morgan fingerprint density at radius 3 is 2.49 bits per heavy atom. The van der Waals surface area contributed by atoms with Crippen LogP contribution in [0.25, 0.3) is 10.9 Å². The number of rotatable bonds is 5. The number of ether oxygens (including phenoxy) is 1. The van der Waals surface area contributed by atoms with Crippen molar-refractivity contribution in [3.8, 4) is 0 Å². The van der Waals surface area contributed by atoms with E-state index >= 15 is 0 Å². The van der Waals surface area contributed by atoms with Crippen LogP contribution in [0.4, 0.5) is 23.7 Å². The number of benzene rings is 1. The minimum Gasteiger partial charge on any atom is -0.444 e. The molecule has 4 rings (SSSR count). The molecule has 1 aromatic carbocycles. The van der Waals surface area contributed by atoms with E-state index in [1.807, 2.05) is 25.1 Å². The molecule has 1 saturated carbocycles. The second-order valence-electron chi connectivity index (χ2n) is 12.1. The number of aromatic nitrogens is 1. The molecule has 2 fully saturated rings. The number of nitrogens with one attached hydrogen (secondary N) is 2. The topological polar surface area (TPSA) is 83.6 Å². The molecule has 2 atom stereocenters. The molecule has 2 unspecified atom stereocenters. The molecule has 7 nitrogen and oxygen atoms in total. The first-order chi connectivity index (χ1) is 18.2. The van der Waals surface area contributed by atoms with Crippen LogP contribution in [0.2, 0.25) is 0 Å². The highest BCUT2D eigenvalue weighted by atomic mass is 19.4. The van der Waals surface area contributed by atoms with Crippen LogP contribution in [0, 0.1) is 12.8 Å². The van der Waals surface area contributed by atoms with Gasteiger partial charge in [-0.1, -0.05) is 25.3 Å². The van der Waals surface area contributed by atoms with Crippen LogP contribution in [0.5, 0.6) is 0 Å².